The van der Waals surface area contributed by atoms with Crippen LogP contribution in [0.25, 0.3) is 0 Å². The molecule has 0 amide bonds. The van der Waals surface area contributed by atoms with Crippen LogP contribution in [0.2, 0.25) is 0 Å². The van der Waals surface area contributed by atoms with E-state index >= 15 is 0 Å². The van der Waals surface area contributed by atoms with Crippen LogP contribution in [0.4, 0.5) is 17.6 Å². The standard InChI is InChI=1S/C10H15ClF4N2/c1-8(11)6-16-2-4-17(5-3-16)7-10(14,15)9(12)13/h9H,1-7H2. The summed E-state index contributed by atoms with van der Waals surface area (Å²) in [4.78, 5) is 3.30. The Balaban J connectivity index is 2.35. The number of alkyl halides is 4. The first-order valence-corrected chi connectivity index (χ1v) is 5.63. The molecule has 0 aromatic heterocycles. The van der Waals surface area contributed by atoms with E-state index in [-0.39, 0.29) is 0 Å². The van der Waals surface area contributed by atoms with Crippen LogP contribution in [0.15, 0.2) is 11.6 Å². The fourth-order valence-corrected chi connectivity index (χ4v) is 1.88. The second-order valence-electron chi connectivity index (χ2n) is 4.13. The molecule has 0 aliphatic carbocycles. The Morgan fingerprint density at radius 1 is 1.18 bits per heavy atom. The van der Waals surface area contributed by atoms with Crippen LogP contribution >= 0.6 is 11.6 Å². The van der Waals surface area contributed by atoms with E-state index in [2.05, 4.69) is 6.58 Å². The molecule has 0 aromatic carbocycles. The van der Waals surface area contributed by atoms with Crippen molar-refractivity contribution in [2.75, 3.05) is 39.3 Å². The Bertz CT molecular complexity index is 265. The van der Waals surface area contributed by atoms with Gasteiger partial charge in [-0.25, -0.2) is 8.78 Å². The lowest BCUT2D eigenvalue weighted by molar-refractivity contribution is -0.144. The van der Waals surface area contributed by atoms with E-state index in [0.717, 1.165) is 0 Å². The summed E-state index contributed by atoms with van der Waals surface area (Å²) in [6.07, 6.45) is -3.61. The Labute approximate surface area is 103 Å². The molecular formula is C10H15ClF4N2. The first kappa shape index (κ1) is 14.7. The topological polar surface area (TPSA) is 6.48 Å². The largest absolute Gasteiger partial charge is 0.319 e. The van der Waals surface area contributed by atoms with E-state index in [1.807, 2.05) is 4.90 Å². The minimum Gasteiger partial charge on any atom is -0.296 e. The Hall–Kier alpha value is -0.330. The molecule has 1 aliphatic rings. The smallest absolute Gasteiger partial charge is 0.296 e. The zero-order valence-electron chi connectivity index (χ0n) is 9.31. The molecule has 1 aliphatic heterocycles. The molecule has 1 fully saturated rings. The Morgan fingerprint density at radius 2 is 1.65 bits per heavy atom. The first-order valence-electron chi connectivity index (χ1n) is 5.25. The summed E-state index contributed by atoms with van der Waals surface area (Å²) in [7, 11) is 0. The van der Waals surface area contributed by atoms with Crippen LogP contribution in [0.3, 0.4) is 0 Å². The third-order valence-corrected chi connectivity index (χ3v) is 2.73. The van der Waals surface area contributed by atoms with E-state index in [0.29, 0.717) is 37.8 Å². The van der Waals surface area contributed by atoms with Crippen molar-refractivity contribution in [2.45, 2.75) is 12.3 Å². The number of rotatable bonds is 5. The number of hydrogen-bond acceptors (Lipinski definition) is 2. The van der Waals surface area contributed by atoms with Gasteiger partial charge in [-0.3, -0.25) is 9.80 Å². The second kappa shape index (κ2) is 6.02. The van der Waals surface area contributed by atoms with Crippen molar-refractivity contribution in [3.63, 3.8) is 0 Å². The molecule has 1 saturated heterocycles. The molecule has 0 bridgehead atoms. The molecule has 0 aromatic rings. The minimum absolute atomic E-state index is 0.340. The number of halogens is 5. The van der Waals surface area contributed by atoms with Crippen molar-refractivity contribution < 1.29 is 17.6 Å². The molecule has 0 atom stereocenters. The van der Waals surface area contributed by atoms with E-state index in [4.69, 9.17) is 11.6 Å². The zero-order chi connectivity index (χ0) is 13.1. The third-order valence-electron chi connectivity index (χ3n) is 2.61. The van der Waals surface area contributed by atoms with Gasteiger partial charge in [0.05, 0.1) is 6.54 Å². The van der Waals surface area contributed by atoms with E-state index < -0.39 is 18.9 Å². The molecule has 0 unspecified atom stereocenters. The summed E-state index contributed by atoms with van der Waals surface area (Å²) >= 11 is 5.63. The fourth-order valence-electron chi connectivity index (χ4n) is 1.72. The Morgan fingerprint density at radius 3 is 2.06 bits per heavy atom. The highest BCUT2D eigenvalue weighted by molar-refractivity contribution is 6.29. The minimum atomic E-state index is -3.93. The predicted octanol–water partition coefficient (Wildman–Crippen LogP) is 2.26. The highest BCUT2D eigenvalue weighted by atomic mass is 35.5. The highest BCUT2D eigenvalue weighted by Gasteiger charge is 2.42. The lowest BCUT2D eigenvalue weighted by Crippen LogP contribution is -2.51. The van der Waals surface area contributed by atoms with Gasteiger partial charge in [-0.1, -0.05) is 18.2 Å². The molecule has 0 N–H and O–H groups in total. The Kier molecular flexibility index (Phi) is 5.22. The van der Waals surface area contributed by atoms with Crippen LogP contribution in [0, 0.1) is 0 Å². The maximum absolute atomic E-state index is 12.8. The summed E-state index contributed by atoms with van der Waals surface area (Å²) in [6, 6.07) is 0. The highest BCUT2D eigenvalue weighted by Crippen LogP contribution is 2.24. The van der Waals surface area contributed by atoms with E-state index in [9.17, 15) is 17.6 Å². The molecule has 7 heteroatoms. The van der Waals surface area contributed by atoms with Gasteiger partial charge in [0.2, 0.25) is 0 Å². The van der Waals surface area contributed by atoms with Crippen molar-refractivity contribution in [1.29, 1.82) is 0 Å². The summed E-state index contributed by atoms with van der Waals surface area (Å²) in [5.74, 6) is -3.93. The summed E-state index contributed by atoms with van der Waals surface area (Å²) < 4.78 is 49.6. The third kappa shape index (κ3) is 4.81. The van der Waals surface area contributed by atoms with Gasteiger partial charge >= 0.3 is 12.3 Å². The first-order chi connectivity index (χ1) is 7.81. The van der Waals surface area contributed by atoms with Crippen molar-refractivity contribution >= 4 is 11.6 Å². The SMILES string of the molecule is C=C(Cl)CN1CCN(CC(F)(F)C(F)F)CC1. The van der Waals surface area contributed by atoms with Crippen molar-refractivity contribution in [1.82, 2.24) is 9.80 Å². The maximum atomic E-state index is 12.8. The number of piperazine rings is 1. The van der Waals surface area contributed by atoms with Crippen LogP contribution in [-0.4, -0.2) is 61.4 Å². The molecule has 0 saturated carbocycles. The van der Waals surface area contributed by atoms with Crippen molar-refractivity contribution in [3.8, 4) is 0 Å². The molecule has 2 nitrogen and oxygen atoms in total. The van der Waals surface area contributed by atoms with E-state index in [1.165, 1.54) is 4.90 Å². The van der Waals surface area contributed by atoms with Gasteiger partial charge in [0.25, 0.3) is 0 Å². The normalized spacial score (nSPS) is 19.9. The molecule has 1 rings (SSSR count). The number of hydrogen-bond donors (Lipinski definition) is 0. The molecule has 100 valence electrons. The molecular weight excluding hydrogens is 260 g/mol. The summed E-state index contributed by atoms with van der Waals surface area (Å²) in [5.41, 5.74) is 0. The molecule has 1 heterocycles. The lowest BCUT2D eigenvalue weighted by atomic mass is 10.2. The van der Waals surface area contributed by atoms with Gasteiger partial charge in [0.15, 0.2) is 0 Å². The van der Waals surface area contributed by atoms with Crippen molar-refractivity contribution in [3.05, 3.63) is 11.6 Å². The average Bonchev–Trinajstić information content (AvgIpc) is 2.19. The number of nitrogens with zero attached hydrogens (tertiary/aromatic N) is 2. The van der Waals surface area contributed by atoms with Gasteiger partial charge in [-0.05, 0) is 0 Å². The van der Waals surface area contributed by atoms with Crippen molar-refractivity contribution in [2.24, 2.45) is 0 Å². The second-order valence-corrected chi connectivity index (χ2v) is 4.67. The van der Waals surface area contributed by atoms with Gasteiger partial charge in [0.1, 0.15) is 0 Å². The zero-order valence-corrected chi connectivity index (χ0v) is 10.1. The lowest BCUT2D eigenvalue weighted by Gasteiger charge is -2.35. The fraction of sp³-hybridized carbons (Fsp3) is 0.800. The van der Waals surface area contributed by atoms with Crippen LogP contribution in [0.5, 0.6) is 0 Å². The molecule has 17 heavy (non-hydrogen) atoms. The van der Waals surface area contributed by atoms with Gasteiger partial charge in [-0.2, -0.15) is 8.78 Å². The summed E-state index contributed by atoms with van der Waals surface area (Å²) in [5, 5.41) is 0.483. The molecule has 0 spiro atoms. The van der Waals surface area contributed by atoms with E-state index in [1.54, 1.807) is 0 Å². The van der Waals surface area contributed by atoms with Gasteiger partial charge in [-0.15, -0.1) is 0 Å². The van der Waals surface area contributed by atoms with Gasteiger partial charge < -0.3 is 0 Å². The quantitative estimate of drug-likeness (QED) is 0.710. The van der Waals surface area contributed by atoms with Crippen LogP contribution in [0.1, 0.15) is 0 Å². The van der Waals surface area contributed by atoms with Gasteiger partial charge in [0, 0.05) is 37.8 Å². The summed E-state index contributed by atoms with van der Waals surface area (Å²) in [6.45, 7) is 4.90. The molecule has 0 radical (unpaired) electrons. The monoisotopic (exact) mass is 274 g/mol. The van der Waals surface area contributed by atoms with Crippen LogP contribution < -0.4 is 0 Å². The maximum Gasteiger partial charge on any atom is 0.319 e. The predicted molar refractivity (Wildman–Crippen MR) is 58.8 cm³/mol. The van der Waals surface area contributed by atoms with Crippen LogP contribution in [-0.2, 0) is 0 Å². The average molecular weight is 275 g/mol.